The lowest BCUT2D eigenvalue weighted by Crippen LogP contribution is -2.56. The first-order valence-electron chi connectivity index (χ1n) is 11.8. The lowest BCUT2D eigenvalue weighted by Gasteiger charge is -2.40. The van der Waals surface area contributed by atoms with Crippen molar-refractivity contribution < 1.29 is 19.1 Å². The first-order valence-corrected chi connectivity index (χ1v) is 14.4. The van der Waals surface area contributed by atoms with Gasteiger partial charge in [-0.05, 0) is 55.0 Å². The predicted octanol–water partition coefficient (Wildman–Crippen LogP) is 4.93. The van der Waals surface area contributed by atoms with E-state index in [4.69, 9.17) is 4.74 Å². The lowest BCUT2D eigenvalue weighted by atomic mass is 10.1. The second-order valence-electron chi connectivity index (χ2n) is 8.92. The Labute approximate surface area is 227 Å². The molecule has 2 unspecified atom stereocenters. The summed E-state index contributed by atoms with van der Waals surface area (Å²) >= 11 is 4.34. The third kappa shape index (κ3) is 5.16. The summed E-state index contributed by atoms with van der Waals surface area (Å²) < 4.78 is 6.47. The summed E-state index contributed by atoms with van der Waals surface area (Å²) in [6, 6.07) is 5.54. The van der Waals surface area contributed by atoms with Crippen LogP contribution in [0.5, 0.6) is 5.75 Å². The Morgan fingerprint density at radius 3 is 2.65 bits per heavy atom. The predicted molar refractivity (Wildman–Crippen MR) is 146 cm³/mol. The van der Waals surface area contributed by atoms with Crippen molar-refractivity contribution >= 4 is 57.3 Å². The van der Waals surface area contributed by atoms with Crippen molar-refractivity contribution in [2.24, 2.45) is 0 Å². The summed E-state index contributed by atoms with van der Waals surface area (Å²) in [6.07, 6.45) is 4.85. The minimum absolute atomic E-state index is 0.0124. The largest absolute Gasteiger partial charge is 0.496 e. The molecule has 2 aromatic heterocycles. The molecule has 0 radical (unpaired) electrons. The van der Waals surface area contributed by atoms with E-state index in [1.165, 1.54) is 40.5 Å². The fourth-order valence-corrected chi connectivity index (χ4v) is 7.42. The molecular weight excluding hydrogens is 529 g/mol. The number of amides is 3. The highest BCUT2D eigenvalue weighted by atomic mass is 32.2. The molecular formula is C26H26N4O4S3. The zero-order chi connectivity index (χ0) is 26.1. The average Bonchev–Trinajstić information content (AvgIpc) is 3.64. The van der Waals surface area contributed by atoms with E-state index in [1.54, 1.807) is 24.8 Å². The van der Waals surface area contributed by atoms with Gasteiger partial charge in [-0.3, -0.25) is 19.7 Å². The van der Waals surface area contributed by atoms with E-state index in [0.717, 1.165) is 27.5 Å². The Morgan fingerprint density at radius 2 is 2.00 bits per heavy atom. The van der Waals surface area contributed by atoms with Crippen LogP contribution in [0.25, 0.3) is 0 Å². The van der Waals surface area contributed by atoms with Crippen molar-refractivity contribution in [2.75, 3.05) is 25.5 Å². The number of benzene rings is 1. The SMILES string of the molecule is C=CC(=O)N1C2CCC1CN(C(=O)c1cc(Sc3cnc(NC(=O)c4ccsc4)s3)c(C)cc1OC)C2. The van der Waals surface area contributed by atoms with Gasteiger partial charge in [0.25, 0.3) is 11.8 Å². The smallest absolute Gasteiger partial charge is 0.258 e. The number of ether oxygens (including phenoxy) is 1. The van der Waals surface area contributed by atoms with Crippen molar-refractivity contribution in [3.63, 3.8) is 0 Å². The second-order valence-corrected chi connectivity index (χ2v) is 12.1. The molecule has 11 heteroatoms. The van der Waals surface area contributed by atoms with Crippen molar-refractivity contribution in [2.45, 2.75) is 41.0 Å². The normalized spacial score (nSPS) is 18.5. The second kappa shape index (κ2) is 10.7. The Balaban J connectivity index is 1.33. The number of anilines is 1. The number of likely N-dealkylation sites (tertiary alicyclic amines) is 1. The van der Waals surface area contributed by atoms with Crippen LogP contribution in [-0.4, -0.2) is 64.8 Å². The number of piperazine rings is 1. The molecule has 1 aromatic carbocycles. The molecule has 4 heterocycles. The molecule has 2 atom stereocenters. The summed E-state index contributed by atoms with van der Waals surface area (Å²) in [5.74, 6) is 0.164. The molecule has 5 rings (SSSR count). The molecule has 2 bridgehead atoms. The number of hydrogen-bond donors (Lipinski definition) is 1. The third-order valence-corrected chi connectivity index (χ3v) is 9.48. The van der Waals surface area contributed by atoms with E-state index >= 15 is 0 Å². The summed E-state index contributed by atoms with van der Waals surface area (Å²) in [4.78, 5) is 47.3. The zero-order valence-corrected chi connectivity index (χ0v) is 22.9. The maximum absolute atomic E-state index is 13.7. The molecule has 8 nitrogen and oxygen atoms in total. The first-order chi connectivity index (χ1) is 17.9. The number of carbonyl (C=O) groups is 3. The number of carbonyl (C=O) groups excluding carboxylic acids is 3. The zero-order valence-electron chi connectivity index (χ0n) is 20.4. The van der Waals surface area contributed by atoms with Crippen LogP contribution in [-0.2, 0) is 4.79 Å². The number of rotatable bonds is 7. The van der Waals surface area contributed by atoms with Crippen LogP contribution >= 0.6 is 34.4 Å². The molecule has 2 fully saturated rings. The summed E-state index contributed by atoms with van der Waals surface area (Å²) in [5.41, 5.74) is 2.07. The minimum atomic E-state index is -0.190. The van der Waals surface area contributed by atoms with Gasteiger partial charge in [-0.1, -0.05) is 29.7 Å². The van der Waals surface area contributed by atoms with Gasteiger partial charge < -0.3 is 14.5 Å². The monoisotopic (exact) mass is 554 g/mol. The van der Waals surface area contributed by atoms with Crippen LogP contribution in [0.2, 0.25) is 0 Å². The van der Waals surface area contributed by atoms with E-state index in [-0.39, 0.29) is 29.8 Å². The fourth-order valence-electron chi connectivity index (χ4n) is 4.85. The van der Waals surface area contributed by atoms with Crippen LogP contribution in [0, 0.1) is 6.92 Å². The molecule has 0 aliphatic carbocycles. The van der Waals surface area contributed by atoms with Crippen LogP contribution in [0.4, 0.5) is 5.13 Å². The van der Waals surface area contributed by atoms with Crippen LogP contribution in [0.1, 0.15) is 39.1 Å². The van der Waals surface area contributed by atoms with Crippen LogP contribution < -0.4 is 10.1 Å². The van der Waals surface area contributed by atoms with E-state index < -0.39 is 0 Å². The molecule has 3 aromatic rings. The number of hydrogen-bond acceptors (Lipinski definition) is 8. The summed E-state index contributed by atoms with van der Waals surface area (Å²) in [5, 5.41) is 7.00. The molecule has 192 valence electrons. The molecule has 2 saturated heterocycles. The molecule has 37 heavy (non-hydrogen) atoms. The minimum Gasteiger partial charge on any atom is -0.496 e. The Morgan fingerprint density at radius 1 is 1.24 bits per heavy atom. The molecule has 0 spiro atoms. The molecule has 2 aliphatic rings. The van der Waals surface area contributed by atoms with Gasteiger partial charge in [0.2, 0.25) is 5.91 Å². The van der Waals surface area contributed by atoms with Crippen LogP contribution in [0.3, 0.4) is 0 Å². The lowest BCUT2D eigenvalue weighted by molar-refractivity contribution is -0.131. The quantitative estimate of drug-likeness (QED) is 0.417. The van der Waals surface area contributed by atoms with Gasteiger partial charge in [0.1, 0.15) is 5.75 Å². The highest BCUT2D eigenvalue weighted by Gasteiger charge is 2.43. The van der Waals surface area contributed by atoms with E-state index in [2.05, 4.69) is 16.9 Å². The summed E-state index contributed by atoms with van der Waals surface area (Å²) in [6.45, 7) is 6.59. The number of aryl methyl sites for hydroxylation is 1. The molecule has 0 saturated carbocycles. The van der Waals surface area contributed by atoms with Gasteiger partial charge in [0, 0.05) is 23.4 Å². The first kappa shape index (κ1) is 25.5. The number of fused-ring (bicyclic) bond motifs is 2. The van der Waals surface area contributed by atoms with Gasteiger partial charge in [-0.25, -0.2) is 4.98 Å². The van der Waals surface area contributed by atoms with Gasteiger partial charge in [-0.2, -0.15) is 11.3 Å². The molecule has 3 amide bonds. The van der Waals surface area contributed by atoms with Crippen molar-refractivity contribution in [1.29, 1.82) is 0 Å². The topological polar surface area (TPSA) is 91.8 Å². The number of methoxy groups -OCH3 is 1. The Kier molecular flexibility index (Phi) is 7.36. The van der Waals surface area contributed by atoms with Crippen molar-refractivity contribution in [1.82, 2.24) is 14.8 Å². The number of nitrogens with one attached hydrogen (secondary N) is 1. The standard InChI is InChI=1S/C26H26N4O4S3/c1-4-22(31)30-17-5-6-18(30)13-29(12-17)25(33)19-10-21(15(2)9-20(19)34-3)36-23-11-27-26(37-23)28-24(32)16-7-8-35-14-16/h4,7-11,14,17-18H,1,5-6,12-13H2,2-3H3,(H,27,28,32). The molecule has 2 aliphatic heterocycles. The third-order valence-electron chi connectivity index (χ3n) is 6.62. The van der Waals surface area contributed by atoms with Gasteiger partial charge in [0.05, 0.1) is 40.7 Å². The number of thiazole rings is 1. The molecule has 1 N–H and O–H groups in total. The number of thiophene rings is 1. The highest BCUT2D eigenvalue weighted by molar-refractivity contribution is 8.01. The fraction of sp³-hybridized carbons (Fsp3) is 0.308. The maximum Gasteiger partial charge on any atom is 0.258 e. The van der Waals surface area contributed by atoms with E-state index in [0.29, 0.717) is 35.1 Å². The van der Waals surface area contributed by atoms with Crippen molar-refractivity contribution in [3.05, 3.63) is 64.5 Å². The van der Waals surface area contributed by atoms with Gasteiger partial charge in [-0.15, -0.1) is 0 Å². The van der Waals surface area contributed by atoms with Crippen LogP contribution in [0.15, 0.2) is 56.9 Å². The number of aromatic nitrogens is 1. The highest BCUT2D eigenvalue weighted by Crippen LogP contribution is 2.39. The van der Waals surface area contributed by atoms with Gasteiger partial charge >= 0.3 is 0 Å². The maximum atomic E-state index is 13.7. The average molecular weight is 555 g/mol. The van der Waals surface area contributed by atoms with Crippen molar-refractivity contribution in [3.8, 4) is 5.75 Å². The van der Waals surface area contributed by atoms with Gasteiger partial charge in [0.15, 0.2) is 5.13 Å². The Hall–Kier alpha value is -3.15. The summed E-state index contributed by atoms with van der Waals surface area (Å²) in [7, 11) is 1.56. The Bertz CT molecular complexity index is 1340. The van der Waals surface area contributed by atoms with E-state index in [1.807, 2.05) is 34.2 Å². The number of nitrogens with zero attached hydrogens (tertiary/aromatic N) is 3. The van der Waals surface area contributed by atoms with E-state index in [9.17, 15) is 14.4 Å².